The summed E-state index contributed by atoms with van der Waals surface area (Å²) >= 11 is 0. The molecular formula is C23H30N2O4S. The van der Waals surface area contributed by atoms with Gasteiger partial charge in [0.15, 0.2) is 0 Å². The fraction of sp³-hybridized carbons (Fsp3) is 0.522. The van der Waals surface area contributed by atoms with Crippen molar-refractivity contribution in [3.05, 3.63) is 52.3 Å². The first-order chi connectivity index (χ1) is 14.4. The van der Waals surface area contributed by atoms with Gasteiger partial charge in [0.1, 0.15) is 0 Å². The summed E-state index contributed by atoms with van der Waals surface area (Å²) in [5.41, 5.74) is 5.67. The number of hydrogen-bond donors (Lipinski definition) is 2. The molecule has 1 unspecified atom stereocenters. The molecule has 0 spiro atoms. The number of hydrogen-bond acceptors (Lipinski definition) is 3. The van der Waals surface area contributed by atoms with Crippen LogP contribution in [-0.4, -0.2) is 41.9 Å². The first kappa shape index (κ1) is 21.1. The zero-order chi connectivity index (χ0) is 21.3. The van der Waals surface area contributed by atoms with E-state index in [2.05, 4.69) is 4.98 Å². The molecule has 0 saturated carbocycles. The van der Waals surface area contributed by atoms with E-state index in [1.54, 1.807) is 16.4 Å². The molecule has 7 heteroatoms. The highest BCUT2D eigenvalue weighted by atomic mass is 32.2. The highest BCUT2D eigenvalue weighted by Crippen LogP contribution is 2.37. The first-order valence-electron chi connectivity index (χ1n) is 10.9. The van der Waals surface area contributed by atoms with Crippen molar-refractivity contribution in [2.45, 2.75) is 69.1 Å². The van der Waals surface area contributed by atoms with Crippen molar-refractivity contribution < 1.29 is 18.3 Å². The zero-order valence-corrected chi connectivity index (χ0v) is 18.3. The molecule has 0 amide bonds. The van der Waals surface area contributed by atoms with Gasteiger partial charge in [-0.2, -0.15) is 4.31 Å². The van der Waals surface area contributed by atoms with E-state index in [1.165, 1.54) is 16.8 Å². The van der Waals surface area contributed by atoms with Crippen LogP contribution in [0, 0.1) is 6.92 Å². The zero-order valence-electron chi connectivity index (χ0n) is 17.5. The minimum atomic E-state index is -3.41. The Morgan fingerprint density at radius 2 is 1.83 bits per heavy atom. The number of carboxylic acids is 1. The van der Waals surface area contributed by atoms with Crippen LogP contribution >= 0.6 is 0 Å². The highest BCUT2D eigenvalue weighted by Gasteiger charge is 2.28. The quantitative estimate of drug-likeness (QED) is 0.678. The van der Waals surface area contributed by atoms with Gasteiger partial charge in [-0.05, 0) is 80.2 Å². The number of benzene rings is 1. The average molecular weight is 431 g/mol. The summed E-state index contributed by atoms with van der Waals surface area (Å²) in [5.74, 6) is -0.719. The van der Waals surface area contributed by atoms with Gasteiger partial charge >= 0.3 is 5.97 Å². The van der Waals surface area contributed by atoms with Crippen molar-refractivity contribution in [1.82, 2.24) is 9.29 Å². The number of carboxylic acid groups (broad SMARTS) is 1. The summed E-state index contributed by atoms with van der Waals surface area (Å²) in [7, 11) is -3.41. The SMILES string of the molecule is Cc1[nH]c2c(c1Cc1ccc(S(=O)(=O)N3CCCC3)cc1)C(CC(=O)O)CCCC2. The molecule has 2 heterocycles. The number of carbonyl (C=O) groups is 1. The number of aliphatic carboxylic acids is 1. The highest BCUT2D eigenvalue weighted by molar-refractivity contribution is 7.89. The van der Waals surface area contributed by atoms with E-state index in [1.807, 2.05) is 19.1 Å². The molecule has 0 bridgehead atoms. The van der Waals surface area contributed by atoms with Crippen LogP contribution in [0.3, 0.4) is 0 Å². The van der Waals surface area contributed by atoms with Crippen LogP contribution in [0.5, 0.6) is 0 Å². The van der Waals surface area contributed by atoms with E-state index in [0.29, 0.717) is 24.4 Å². The Balaban J connectivity index is 1.60. The largest absolute Gasteiger partial charge is 0.481 e. The smallest absolute Gasteiger partial charge is 0.303 e. The van der Waals surface area contributed by atoms with Crippen LogP contribution in [-0.2, 0) is 27.7 Å². The second-order valence-corrected chi connectivity index (χ2v) is 10.5. The van der Waals surface area contributed by atoms with Crippen molar-refractivity contribution in [1.29, 1.82) is 0 Å². The van der Waals surface area contributed by atoms with Gasteiger partial charge in [-0.1, -0.05) is 18.6 Å². The second kappa shape index (κ2) is 8.55. The Morgan fingerprint density at radius 3 is 2.50 bits per heavy atom. The van der Waals surface area contributed by atoms with E-state index >= 15 is 0 Å². The molecule has 1 saturated heterocycles. The molecule has 2 aromatic rings. The second-order valence-electron chi connectivity index (χ2n) is 8.59. The van der Waals surface area contributed by atoms with Crippen LogP contribution in [0.4, 0.5) is 0 Å². The molecule has 6 nitrogen and oxygen atoms in total. The van der Waals surface area contributed by atoms with Gasteiger partial charge < -0.3 is 10.1 Å². The molecule has 1 aromatic heterocycles. The number of aryl methyl sites for hydroxylation is 2. The third-order valence-corrected chi connectivity index (χ3v) is 8.42. The van der Waals surface area contributed by atoms with Gasteiger partial charge in [0.05, 0.1) is 11.3 Å². The maximum atomic E-state index is 12.8. The summed E-state index contributed by atoms with van der Waals surface area (Å²) in [6, 6.07) is 7.20. The normalized spacial score (nSPS) is 20.1. The monoisotopic (exact) mass is 430 g/mol. The van der Waals surface area contributed by atoms with Gasteiger partial charge in [0.2, 0.25) is 10.0 Å². The van der Waals surface area contributed by atoms with Crippen LogP contribution in [0.25, 0.3) is 0 Å². The number of H-pyrrole nitrogens is 1. The van der Waals surface area contributed by atoms with Crippen molar-refractivity contribution in [2.75, 3.05) is 13.1 Å². The molecule has 2 N–H and O–H groups in total. The Kier molecular flexibility index (Phi) is 6.02. The maximum Gasteiger partial charge on any atom is 0.303 e. The van der Waals surface area contributed by atoms with Crippen LogP contribution < -0.4 is 0 Å². The third kappa shape index (κ3) is 4.18. The van der Waals surface area contributed by atoms with Crippen LogP contribution in [0.15, 0.2) is 29.2 Å². The molecule has 0 radical (unpaired) electrons. The number of sulfonamides is 1. The summed E-state index contributed by atoms with van der Waals surface area (Å²) in [4.78, 5) is 15.3. The summed E-state index contributed by atoms with van der Waals surface area (Å²) in [5, 5.41) is 9.40. The number of fused-ring (bicyclic) bond motifs is 1. The molecule has 4 rings (SSSR count). The van der Waals surface area contributed by atoms with Gasteiger partial charge in [0.25, 0.3) is 0 Å². The van der Waals surface area contributed by atoms with Crippen molar-refractivity contribution in [3.63, 3.8) is 0 Å². The average Bonchev–Trinajstić information content (AvgIpc) is 3.30. The number of aromatic amines is 1. The van der Waals surface area contributed by atoms with Crippen LogP contribution in [0.1, 0.15) is 72.5 Å². The van der Waals surface area contributed by atoms with E-state index < -0.39 is 16.0 Å². The van der Waals surface area contributed by atoms with Crippen molar-refractivity contribution in [2.24, 2.45) is 0 Å². The fourth-order valence-corrected chi connectivity index (χ4v) is 6.50. The third-order valence-electron chi connectivity index (χ3n) is 6.51. The fourth-order valence-electron chi connectivity index (χ4n) is 4.98. The Hall–Kier alpha value is -2.12. The number of aromatic nitrogens is 1. The molecule has 1 fully saturated rings. The number of rotatable bonds is 6. The number of nitrogens with zero attached hydrogens (tertiary/aromatic N) is 1. The first-order valence-corrected chi connectivity index (χ1v) is 12.3. The van der Waals surface area contributed by atoms with Gasteiger partial charge in [0, 0.05) is 24.5 Å². The predicted molar refractivity (Wildman–Crippen MR) is 115 cm³/mol. The predicted octanol–water partition coefficient (Wildman–Crippen LogP) is 3.98. The molecule has 1 atom stereocenters. The van der Waals surface area contributed by atoms with Gasteiger partial charge in [-0.3, -0.25) is 4.79 Å². The Morgan fingerprint density at radius 1 is 1.13 bits per heavy atom. The minimum absolute atomic E-state index is 0.0368. The molecule has 1 aliphatic carbocycles. The van der Waals surface area contributed by atoms with E-state index in [9.17, 15) is 18.3 Å². The van der Waals surface area contributed by atoms with E-state index in [0.717, 1.165) is 49.8 Å². The topological polar surface area (TPSA) is 90.5 Å². The molecular weight excluding hydrogens is 400 g/mol. The van der Waals surface area contributed by atoms with E-state index in [-0.39, 0.29) is 12.3 Å². The molecule has 162 valence electrons. The number of nitrogens with one attached hydrogen (secondary N) is 1. The van der Waals surface area contributed by atoms with Crippen LogP contribution in [0.2, 0.25) is 0 Å². The lowest BCUT2D eigenvalue weighted by molar-refractivity contribution is -0.137. The van der Waals surface area contributed by atoms with Gasteiger partial charge in [-0.25, -0.2) is 8.42 Å². The summed E-state index contributed by atoms with van der Waals surface area (Å²) < 4.78 is 27.1. The Bertz CT molecular complexity index is 1020. The standard InChI is InChI=1S/C23H30N2O4S/c1-16-20(23-18(15-22(26)27)6-2-3-7-21(23)24-16)14-17-8-10-19(11-9-17)30(28,29)25-12-4-5-13-25/h8-11,18,24H,2-7,12-15H2,1H3,(H,26,27). The maximum absolute atomic E-state index is 12.8. The lowest BCUT2D eigenvalue weighted by Gasteiger charge is -2.17. The lowest BCUT2D eigenvalue weighted by atomic mass is 9.87. The lowest BCUT2D eigenvalue weighted by Crippen LogP contribution is -2.27. The molecule has 2 aliphatic rings. The molecule has 1 aliphatic heterocycles. The summed E-state index contributed by atoms with van der Waals surface area (Å²) in [6.07, 6.45) is 6.66. The minimum Gasteiger partial charge on any atom is -0.481 e. The molecule has 30 heavy (non-hydrogen) atoms. The van der Waals surface area contributed by atoms with E-state index in [4.69, 9.17) is 0 Å². The molecule has 1 aromatic carbocycles. The van der Waals surface area contributed by atoms with Crippen molar-refractivity contribution in [3.8, 4) is 0 Å². The van der Waals surface area contributed by atoms with Gasteiger partial charge in [-0.15, -0.1) is 0 Å². The van der Waals surface area contributed by atoms with Crippen molar-refractivity contribution >= 4 is 16.0 Å². The summed E-state index contributed by atoms with van der Waals surface area (Å²) in [6.45, 7) is 3.25. The Labute approximate surface area is 178 Å².